The SMILES string of the molecule is O=C(Nc1cccc(N2CCCN(Cc3cccc(OC(F)(F)F)c3)C2=O)c1)c1ccc(Cl)cc1. The van der Waals surface area contributed by atoms with Crippen molar-refractivity contribution in [2.24, 2.45) is 0 Å². The fourth-order valence-electron chi connectivity index (χ4n) is 3.79. The Morgan fingerprint density at radius 3 is 2.49 bits per heavy atom. The van der Waals surface area contributed by atoms with Gasteiger partial charge in [-0.25, -0.2) is 4.79 Å². The molecule has 4 rings (SSSR count). The van der Waals surface area contributed by atoms with Crippen LogP contribution >= 0.6 is 11.6 Å². The van der Waals surface area contributed by atoms with Crippen molar-refractivity contribution in [3.8, 4) is 5.75 Å². The third-order valence-corrected chi connectivity index (χ3v) is 5.59. The van der Waals surface area contributed by atoms with Crippen LogP contribution in [-0.4, -0.2) is 36.3 Å². The number of nitrogens with one attached hydrogen (secondary N) is 1. The average Bonchev–Trinajstić information content (AvgIpc) is 2.80. The fraction of sp³-hybridized carbons (Fsp3) is 0.200. The van der Waals surface area contributed by atoms with E-state index >= 15 is 0 Å². The molecule has 1 N–H and O–H groups in total. The maximum absolute atomic E-state index is 13.2. The lowest BCUT2D eigenvalue weighted by Crippen LogP contribution is -2.49. The van der Waals surface area contributed by atoms with Crippen LogP contribution in [0.25, 0.3) is 0 Å². The topological polar surface area (TPSA) is 61.9 Å². The van der Waals surface area contributed by atoms with E-state index in [1.165, 1.54) is 18.2 Å². The van der Waals surface area contributed by atoms with Gasteiger partial charge in [0.2, 0.25) is 0 Å². The van der Waals surface area contributed by atoms with Gasteiger partial charge in [-0.1, -0.05) is 29.8 Å². The normalized spacial score (nSPS) is 14.1. The molecule has 35 heavy (non-hydrogen) atoms. The number of hydrogen-bond acceptors (Lipinski definition) is 3. The molecule has 182 valence electrons. The molecule has 0 saturated carbocycles. The summed E-state index contributed by atoms with van der Waals surface area (Å²) >= 11 is 5.87. The number of carbonyl (C=O) groups is 2. The van der Waals surface area contributed by atoms with Crippen molar-refractivity contribution in [3.05, 3.63) is 88.9 Å². The number of hydrogen-bond donors (Lipinski definition) is 1. The van der Waals surface area contributed by atoms with Crippen molar-refractivity contribution in [2.45, 2.75) is 19.3 Å². The number of alkyl halides is 3. The minimum absolute atomic E-state index is 0.136. The van der Waals surface area contributed by atoms with Crippen molar-refractivity contribution in [1.82, 2.24) is 4.90 Å². The first-order valence-electron chi connectivity index (χ1n) is 10.8. The van der Waals surface area contributed by atoms with Gasteiger partial charge < -0.3 is 15.0 Å². The Morgan fingerprint density at radius 1 is 1.00 bits per heavy atom. The number of anilines is 2. The third kappa shape index (κ3) is 6.45. The average molecular weight is 504 g/mol. The Labute approximate surface area is 204 Å². The first-order valence-corrected chi connectivity index (χ1v) is 11.1. The predicted molar refractivity (Wildman–Crippen MR) is 127 cm³/mol. The van der Waals surface area contributed by atoms with Crippen LogP contribution in [0.3, 0.4) is 0 Å². The number of rotatable bonds is 6. The zero-order valence-electron chi connectivity index (χ0n) is 18.4. The molecule has 1 aliphatic rings. The molecule has 0 aliphatic carbocycles. The van der Waals surface area contributed by atoms with Crippen LogP contribution in [0.1, 0.15) is 22.3 Å². The molecular formula is C25H21ClF3N3O3. The van der Waals surface area contributed by atoms with Gasteiger partial charge >= 0.3 is 12.4 Å². The number of ether oxygens (including phenoxy) is 1. The van der Waals surface area contributed by atoms with Crippen molar-refractivity contribution in [2.75, 3.05) is 23.3 Å². The van der Waals surface area contributed by atoms with E-state index in [0.29, 0.717) is 47.0 Å². The Morgan fingerprint density at radius 2 is 1.74 bits per heavy atom. The lowest BCUT2D eigenvalue weighted by Gasteiger charge is -2.36. The molecule has 0 unspecified atom stereocenters. The molecule has 10 heteroatoms. The quantitative estimate of drug-likeness (QED) is 0.428. The van der Waals surface area contributed by atoms with E-state index in [9.17, 15) is 22.8 Å². The van der Waals surface area contributed by atoms with Gasteiger partial charge in [0.05, 0.1) is 0 Å². The predicted octanol–water partition coefficient (Wildman–Crippen LogP) is 6.32. The van der Waals surface area contributed by atoms with Crippen LogP contribution in [-0.2, 0) is 6.54 Å². The van der Waals surface area contributed by atoms with E-state index in [1.54, 1.807) is 64.4 Å². The van der Waals surface area contributed by atoms with Crippen molar-refractivity contribution >= 4 is 34.9 Å². The second kappa shape index (κ2) is 10.3. The van der Waals surface area contributed by atoms with Gasteiger partial charge in [-0.2, -0.15) is 0 Å². The zero-order chi connectivity index (χ0) is 25.0. The van der Waals surface area contributed by atoms with Gasteiger partial charge in [0.15, 0.2) is 0 Å². The van der Waals surface area contributed by atoms with Gasteiger partial charge in [0, 0.05) is 41.6 Å². The molecular weight excluding hydrogens is 483 g/mol. The van der Waals surface area contributed by atoms with E-state index in [2.05, 4.69) is 10.1 Å². The molecule has 0 radical (unpaired) electrons. The Hall–Kier alpha value is -3.72. The molecule has 0 aromatic heterocycles. The largest absolute Gasteiger partial charge is 0.573 e. The lowest BCUT2D eigenvalue weighted by atomic mass is 10.1. The summed E-state index contributed by atoms with van der Waals surface area (Å²) in [6, 6.07) is 18.7. The molecule has 6 nitrogen and oxygen atoms in total. The van der Waals surface area contributed by atoms with Crippen LogP contribution in [0.2, 0.25) is 5.02 Å². The van der Waals surface area contributed by atoms with Crippen molar-refractivity contribution < 1.29 is 27.5 Å². The summed E-state index contributed by atoms with van der Waals surface area (Å²) in [5.41, 5.74) is 2.08. The van der Waals surface area contributed by atoms with E-state index in [0.717, 1.165) is 0 Å². The molecule has 3 aromatic rings. The summed E-state index contributed by atoms with van der Waals surface area (Å²) in [7, 11) is 0. The van der Waals surface area contributed by atoms with Gasteiger partial charge in [-0.3, -0.25) is 9.69 Å². The molecule has 1 heterocycles. The summed E-state index contributed by atoms with van der Waals surface area (Å²) in [6.07, 6.45) is -4.11. The van der Waals surface area contributed by atoms with Gasteiger partial charge in [0.1, 0.15) is 5.75 Å². The summed E-state index contributed by atoms with van der Waals surface area (Å²) < 4.78 is 41.6. The number of benzene rings is 3. The number of halogens is 4. The van der Waals surface area contributed by atoms with Gasteiger partial charge in [0.25, 0.3) is 5.91 Å². The standard InChI is InChI=1S/C25H21ClF3N3O3/c26-19-10-8-18(9-11-19)23(33)30-20-5-2-6-21(15-20)32-13-3-12-31(24(32)34)16-17-4-1-7-22(14-17)35-25(27,28)29/h1-2,4-11,14-15H,3,12-13,16H2,(H,30,33). The molecule has 1 saturated heterocycles. The maximum atomic E-state index is 13.2. The first-order chi connectivity index (χ1) is 16.7. The second-order valence-corrected chi connectivity index (χ2v) is 8.35. The smallest absolute Gasteiger partial charge is 0.406 e. The van der Waals surface area contributed by atoms with Crippen LogP contribution in [0.15, 0.2) is 72.8 Å². The Balaban J connectivity index is 1.45. The van der Waals surface area contributed by atoms with E-state index in [4.69, 9.17) is 11.6 Å². The highest BCUT2D eigenvalue weighted by Crippen LogP contribution is 2.27. The number of nitrogens with zero attached hydrogens (tertiary/aromatic N) is 2. The van der Waals surface area contributed by atoms with E-state index in [1.807, 2.05) is 0 Å². The monoisotopic (exact) mass is 503 g/mol. The zero-order valence-corrected chi connectivity index (χ0v) is 19.1. The number of amides is 3. The molecule has 1 fully saturated rings. The molecule has 0 spiro atoms. The van der Waals surface area contributed by atoms with Crippen LogP contribution in [0.5, 0.6) is 5.75 Å². The van der Waals surface area contributed by atoms with E-state index < -0.39 is 6.36 Å². The second-order valence-electron chi connectivity index (χ2n) is 7.92. The van der Waals surface area contributed by atoms with Gasteiger partial charge in [-0.05, 0) is 66.6 Å². The Bertz CT molecular complexity index is 1220. The van der Waals surface area contributed by atoms with Crippen LogP contribution in [0, 0.1) is 0 Å². The molecule has 1 aliphatic heterocycles. The number of carbonyl (C=O) groups excluding carboxylic acids is 2. The fourth-order valence-corrected chi connectivity index (χ4v) is 3.91. The summed E-state index contributed by atoms with van der Waals surface area (Å²) in [5.74, 6) is -0.646. The first kappa shape index (κ1) is 24.4. The van der Waals surface area contributed by atoms with Gasteiger partial charge in [-0.15, -0.1) is 13.2 Å². The highest BCUT2D eigenvalue weighted by molar-refractivity contribution is 6.30. The summed E-state index contributed by atoms with van der Waals surface area (Å²) in [6.45, 7) is 1.07. The minimum Gasteiger partial charge on any atom is -0.406 e. The highest BCUT2D eigenvalue weighted by Gasteiger charge is 2.31. The minimum atomic E-state index is -4.79. The van der Waals surface area contributed by atoms with Crippen LogP contribution in [0.4, 0.5) is 29.3 Å². The lowest BCUT2D eigenvalue weighted by molar-refractivity contribution is -0.274. The molecule has 0 atom stereocenters. The molecule has 0 bridgehead atoms. The summed E-state index contributed by atoms with van der Waals surface area (Å²) in [4.78, 5) is 28.8. The van der Waals surface area contributed by atoms with E-state index in [-0.39, 0.29) is 24.2 Å². The molecule has 3 amide bonds. The number of urea groups is 1. The molecule has 3 aromatic carbocycles. The Kier molecular flexibility index (Phi) is 7.16. The highest BCUT2D eigenvalue weighted by atomic mass is 35.5. The van der Waals surface area contributed by atoms with Crippen LogP contribution < -0.4 is 15.0 Å². The van der Waals surface area contributed by atoms with Crippen molar-refractivity contribution in [3.63, 3.8) is 0 Å². The summed E-state index contributed by atoms with van der Waals surface area (Å²) in [5, 5.41) is 3.33. The maximum Gasteiger partial charge on any atom is 0.573 e. The van der Waals surface area contributed by atoms with Crippen molar-refractivity contribution in [1.29, 1.82) is 0 Å². The third-order valence-electron chi connectivity index (χ3n) is 5.34.